The summed E-state index contributed by atoms with van der Waals surface area (Å²) in [6.07, 6.45) is 0. The summed E-state index contributed by atoms with van der Waals surface area (Å²) in [6.45, 7) is 7.50. The Morgan fingerprint density at radius 3 is 2.32 bits per heavy atom. The summed E-state index contributed by atoms with van der Waals surface area (Å²) in [7, 11) is -2.16. The van der Waals surface area contributed by atoms with E-state index in [1.165, 1.54) is 7.05 Å². The summed E-state index contributed by atoms with van der Waals surface area (Å²) >= 11 is 0. The van der Waals surface area contributed by atoms with Gasteiger partial charge in [0.15, 0.2) is 0 Å². The van der Waals surface area contributed by atoms with Crippen LogP contribution in [0.4, 0.5) is 5.69 Å². The fourth-order valence-corrected chi connectivity index (χ4v) is 5.06. The standard InChI is InChI=1S/C17H28N4O3S/c1-11(2)14-8-6-7-9-15(14)18-16(22)10-21(5)25(23,24)17-12(3)19-20-13(17)4/h6-9,11-13,17,19-20H,10H2,1-5H3,(H,18,22). The summed E-state index contributed by atoms with van der Waals surface area (Å²) in [5, 5.41) is 2.21. The molecular weight excluding hydrogens is 340 g/mol. The monoisotopic (exact) mass is 368 g/mol. The van der Waals surface area contributed by atoms with Gasteiger partial charge < -0.3 is 5.32 Å². The van der Waals surface area contributed by atoms with Crippen molar-refractivity contribution in [2.45, 2.75) is 50.9 Å². The van der Waals surface area contributed by atoms with Crippen molar-refractivity contribution in [2.24, 2.45) is 0 Å². The van der Waals surface area contributed by atoms with Crippen molar-refractivity contribution in [1.82, 2.24) is 15.2 Å². The second kappa shape index (κ2) is 7.82. The smallest absolute Gasteiger partial charge is 0.239 e. The van der Waals surface area contributed by atoms with Crippen LogP contribution in [-0.4, -0.2) is 49.6 Å². The van der Waals surface area contributed by atoms with Gasteiger partial charge in [0, 0.05) is 24.8 Å². The van der Waals surface area contributed by atoms with Crippen molar-refractivity contribution < 1.29 is 13.2 Å². The molecule has 3 N–H and O–H groups in total. The third-order valence-corrected chi connectivity index (χ3v) is 7.03. The van der Waals surface area contributed by atoms with Gasteiger partial charge in [0.2, 0.25) is 15.9 Å². The number of nitrogens with zero attached hydrogens (tertiary/aromatic N) is 1. The molecule has 8 heteroatoms. The highest BCUT2D eigenvalue weighted by Gasteiger charge is 2.42. The summed E-state index contributed by atoms with van der Waals surface area (Å²) in [4.78, 5) is 12.4. The normalized spacial score (nSPS) is 24.0. The van der Waals surface area contributed by atoms with Gasteiger partial charge in [0.05, 0.1) is 6.54 Å². The third kappa shape index (κ3) is 4.38. The molecule has 0 saturated carbocycles. The van der Waals surface area contributed by atoms with Gasteiger partial charge in [-0.25, -0.2) is 8.42 Å². The van der Waals surface area contributed by atoms with Gasteiger partial charge in [0.25, 0.3) is 0 Å². The SMILES string of the molecule is CC(C)c1ccccc1NC(=O)CN(C)S(=O)(=O)C1C(C)NNC1C. The van der Waals surface area contributed by atoms with E-state index < -0.39 is 15.3 Å². The molecule has 7 nitrogen and oxygen atoms in total. The second-order valence-corrected chi connectivity index (χ2v) is 9.12. The van der Waals surface area contributed by atoms with E-state index in [0.717, 1.165) is 15.6 Å². The van der Waals surface area contributed by atoms with Crippen molar-refractivity contribution in [2.75, 3.05) is 18.9 Å². The molecule has 1 fully saturated rings. The molecule has 25 heavy (non-hydrogen) atoms. The molecule has 1 saturated heterocycles. The van der Waals surface area contributed by atoms with E-state index in [0.29, 0.717) is 0 Å². The number of sulfonamides is 1. The molecule has 2 unspecified atom stereocenters. The highest BCUT2D eigenvalue weighted by Crippen LogP contribution is 2.24. The lowest BCUT2D eigenvalue weighted by atomic mass is 10.0. The minimum atomic E-state index is -3.60. The highest BCUT2D eigenvalue weighted by atomic mass is 32.2. The molecule has 1 heterocycles. The maximum Gasteiger partial charge on any atom is 0.239 e. The first-order valence-electron chi connectivity index (χ1n) is 8.49. The van der Waals surface area contributed by atoms with E-state index in [1.807, 2.05) is 52.0 Å². The van der Waals surface area contributed by atoms with E-state index in [-0.39, 0.29) is 30.5 Å². The number of hydrogen-bond acceptors (Lipinski definition) is 5. The van der Waals surface area contributed by atoms with Gasteiger partial charge in [-0.1, -0.05) is 32.0 Å². The Hall–Kier alpha value is -1.48. The number of hydrogen-bond donors (Lipinski definition) is 3. The number of nitrogens with one attached hydrogen (secondary N) is 3. The Balaban J connectivity index is 2.08. The molecule has 1 aromatic carbocycles. The van der Waals surface area contributed by atoms with E-state index in [4.69, 9.17) is 0 Å². The van der Waals surface area contributed by atoms with Crippen molar-refractivity contribution in [3.63, 3.8) is 0 Å². The average molecular weight is 369 g/mol. The zero-order chi connectivity index (χ0) is 18.8. The van der Waals surface area contributed by atoms with E-state index in [2.05, 4.69) is 16.2 Å². The molecule has 0 bridgehead atoms. The van der Waals surface area contributed by atoms with E-state index in [1.54, 1.807) is 0 Å². The molecule has 1 aliphatic heterocycles. The van der Waals surface area contributed by atoms with Gasteiger partial charge in [-0.3, -0.25) is 15.6 Å². The molecule has 2 rings (SSSR count). The first kappa shape index (κ1) is 19.8. The lowest BCUT2D eigenvalue weighted by molar-refractivity contribution is -0.116. The maximum atomic E-state index is 12.8. The maximum absolute atomic E-state index is 12.8. The molecule has 1 aromatic rings. The first-order valence-corrected chi connectivity index (χ1v) is 10.00. The van der Waals surface area contributed by atoms with E-state index in [9.17, 15) is 13.2 Å². The number of hydrazine groups is 1. The van der Waals surface area contributed by atoms with Crippen LogP contribution in [0.15, 0.2) is 24.3 Å². The zero-order valence-electron chi connectivity index (χ0n) is 15.4. The van der Waals surface area contributed by atoms with Crippen LogP contribution in [0.25, 0.3) is 0 Å². The number of anilines is 1. The van der Waals surface area contributed by atoms with Crippen molar-refractivity contribution in [3.05, 3.63) is 29.8 Å². The first-order chi connectivity index (χ1) is 11.6. The van der Waals surface area contributed by atoms with Crippen molar-refractivity contribution >= 4 is 21.6 Å². The van der Waals surface area contributed by atoms with E-state index >= 15 is 0 Å². The Bertz CT molecular complexity index is 710. The number of para-hydroxylation sites is 1. The predicted molar refractivity (Wildman–Crippen MR) is 99.7 cm³/mol. The minimum absolute atomic E-state index is 0.218. The van der Waals surface area contributed by atoms with Crippen LogP contribution in [0.5, 0.6) is 0 Å². The molecule has 2 atom stereocenters. The predicted octanol–water partition coefficient (Wildman–Crippen LogP) is 1.26. The number of carbonyl (C=O) groups is 1. The van der Waals surface area contributed by atoms with Crippen molar-refractivity contribution in [1.29, 1.82) is 0 Å². The van der Waals surface area contributed by atoms with Crippen LogP contribution >= 0.6 is 0 Å². The Labute approximate surface area is 150 Å². The lowest BCUT2D eigenvalue weighted by Crippen LogP contribution is -2.47. The topological polar surface area (TPSA) is 90.5 Å². The quantitative estimate of drug-likeness (QED) is 0.703. The van der Waals surface area contributed by atoms with Crippen LogP contribution < -0.4 is 16.2 Å². The summed E-state index contributed by atoms with van der Waals surface area (Å²) in [6, 6.07) is 7.10. The number of rotatable bonds is 6. The number of likely N-dealkylation sites (N-methyl/N-ethyl adjacent to an activating group) is 1. The van der Waals surface area contributed by atoms with Gasteiger partial charge in [-0.05, 0) is 31.4 Å². The number of amides is 1. The number of benzene rings is 1. The second-order valence-electron chi connectivity index (χ2n) is 6.92. The number of carbonyl (C=O) groups excluding carboxylic acids is 1. The van der Waals surface area contributed by atoms with Crippen LogP contribution in [-0.2, 0) is 14.8 Å². The Kier molecular flexibility index (Phi) is 6.21. The van der Waals surface area contributed by atoms with Crippen LogP contribution in [0.3, 0.4) is 0 Å². The zero-order valence-corrected chi connectivity index (χ0v) is 16.2. The highest BCUT2D eigenvalue weighted by molar-refractivity contribution is 7.89. The Morgan fingerprint density at radius 2 is 1.76 bits per heavy atom. The molecule has 1 amide bonds. The average Bonchev–Trinajstić information content (AvgIpc) is 2.86. The van der Waals surface area contributed by atoms with Gasteiger partial charge in [-0.15, -0.1) is 0 Å². The summed E-state index contributed by atoms with van der Waals surface area (Å²) < 4.78 is 26.7. The fraction of sp³-hybridized carbons (Fsp3) is 0.588. The molecule has 0 aromatic heterocycles. The van der Waals surface area contributed by atoms with Crippen LogP contribution in [0, 0.1) is 0 Å². The Morgan fingerprint density at radius 1 is 1.20 bits per heavy atom. The van der Waals surface area contributed by atoms with Crippen LogP contribution in [0.1, 0.15) is 39.2 Å². The molecule has 140 valence electrons. The van der Waals surface area contributed by atoms with Gasteiger partial charge in [0.1, 0.15) is 5.25 Å². The van der Waals surface area contributed by atoms with Gasteiger partial charge >= 0.3 is 0 Å². The van der Waals surface area contributed by atoms with Crippen LogP contribution in [0.2, 0.25) is 0 Å². The molecule has 1 aliphatic rings. The molecular formula is C17H28N4O3S. The third-order valence-electron chi connectivity index (χ3n) is 4.53. The summed E-state index contributed by atoms with van der Waals surface area (Å²) in [5.74, 6) is -0.0892. The minimum Gasteiger partial charge on any atom is -0.325 e. The van der Waals surface area contributed by atoms with Gasteiger partial charge in [-0.2, -0.15) is 4.31 Å². The largest absolute Gasteiger partial charge is 0.325 e. The lowest BCUT2D eigenvalue weighted by Gasteiger charge is -2.25. The fourth-order valence-electron chi connectivity index (χ4n) is 3.18. The molecule has 0 radical (unpaired) electrons. The summed E-state index contributed by atoms with van der Waals surface area (Å²) in [5.41, 5.74) is 7.62. The van der Waals surface area contributed by atoms with Crippen molar-refractivity contribution in [3.8, 4) is 0 Å². The molecule has 0 spiro atoms. The molecule has 0 aliphatic carbocycles.